The third kappa shape index (κ3) is 3.03. The van der Waals surface area contributed by atoms with E-state index in [0.29, 0.717) is 12.1 Å². The van der Waals surface area contributed by atoms with Crippen molar-refractivity contribution in [1.82, 2.24) is 5.32 Å². The lowest BCUT2D eigenvalue weighted by molar-refractivity contribution is 0.161. The van der Waals surface area contributed by atoms with Crippen molar-refractivity contribution in [2.24, 2.45) is 0 Å². The molecule has 1 heterocycles. The maximum absolute atomic E-state index is 6.23. The zero-order valence-electron chi connectivity index (χ0n) is 13.8. The Hall–Kier alpha value is -1.22. The lowest BCUT2D eigenvalue weighted by Crippen LogP contribution is -2.34. The second-order valence-corrected chi connectivity index (χ2v) is 7.50. The Morgan fingerprint density at radius 2 is 1.95 bits per heavy atom. The van der Waals surface area contributed by atoms with Crippen LogP contribution < -0.4 is 14.8 Å². The van der Waals surface area contributed by atoms with E-state index in [1.807, 2.05) is 0 Å². The van der Waals surface area contributed by atoms with Crippen molar-refractivity contribution < 1.29 is 9.47 Å². The number of rotatable bonds is 3. The van der Waals surface area contributed by atoms with E-state index in [4.69, 9.17) is 9.47 Å². The molecule has 0 radical (unpaired) electrons. The molecule has 1 aromatic rings. The van der Waals surface area contributed by atoms with Crippen molar-refractivity contribution >= 4 is 0 Å². The lowest BCUT2D eigenvalue weighted by Gasteiger charge is -2.35. The second-order valence-electron chi connectivity index (χ2n) is 7.50. The van der Waals surface area contributed by atoms with Crippen LogP contribution in [0.5, 0.6) is 11.5 Å². The van der Waals surface area contributed by atoms with Gasteiger partial charge in [0.2, 0.25) is 0 Å². The minimum absolute atomic E-state index is 0.0415. The van der Waals surface area contributed by atoms with E-state index >= 15 is 0 Å². The number of fused-ring (bicyclic) bond motifs is 1. The summed E-state index contributed by atoms with van der Waals surface area (Å²) in [7, 11) is 1.74. The SMILES string of the molecule is COc1cc2c(c(C(C)(C)C)c1)OC(C)CC2NC1CC1. The van der Waals surface area contributed by atoms with Crippen molar-refractivity contribution in [1.29, 1.82) is 0 Å². The minimum Gasteiger partial charge on any atom is -0.497 e. The molecule has 0 aromatic heterocycles. The quantitative estimate of drug-likeness (QED) is 0.913. The fourth-order valence-corrected chi connectivity index (χ4v) is 3.09. The third-order valence-corrected chi connectivity index (χ3v) is 4.41. The van der Waals surface area contributed by atoms with E-state index in [0.717, 1.165) is 17.9 Å². The van der Waals surface area contributed by atoms with Crippen LogP contribution in [0, 0.1) is 0 Å². The van der Waals surface area contributed by atoms with Gasteiger partial charge in [0.1, 0.15) is 11.5 Å². The standard InChI is InChI=1S/C18H27NO2/c1-11-8-16(19-12-6-7-12)14-9-13(20-5)10-15(17(14)21-11)18(2,3)4/h9-12,16,19H,6-8H2,1-5H3. The number of methoxy groups -OCH3 is 1. The molecule has 3 nitrogen and oxygen atoms in total. The van der Waals surface area contributed by atoms with Crippen LogP contribution in [0.3, 0.4) is 0 Å². The normalized spacial score (nSPS) is 25.2. The summed E-state index contributed by atoms with van der Waals surface area (Å²) >= 11 is 0. The fourth-order valence-electron chi connectivity index (χ4n) is 3.09. The zero-order chi connectivity index (χ0) is 15.2. The van der Waals surface area contributed by atoms with Gasteiger partial charge in [0.25, 0.3) is 0 Å². The van der Waals surface area contributed by atoms with Crippen molar-refractivity contribution in [3.8, 4) is 11.5 Å². The Balaban J connectivity index is 2.07. The first-order chi connectivity index (χ1) is 9.88. The lowest BCUT2D eigenvalue weighted by atomic mass is 9.82. The summed E-state index contributed by atoms with van der Waals surface area (Å²) in [4.78, 5) is 0. The summed E-state index contributed by atoms with van der Waals surface area (Å²) in [5.74, 6) is 2.00. The maximum Gasteiger partial charge on any atom is 0.128 e. The predicted octanol–water partition coefficient (Wildman–Crippen LogP) is 3.96. The molecular weight excluding hydrogens is 262 g/mol. The molecule has 21 heavy (non-hydrogen) atoms. The summed E-state index contributed by atoms with van der Waals surface area (Å²) in [6.45, 7) is 8.86. The smallest absolute Gasteiger partial charge is 0.128 e. The van der Waals surface area contributed by atoms with Gasteiger partial charge in [-0.25, -0.2) is 0 Å². The van der Waals surface area contributed by atoms with E-state index < -0.39 is 0 Å². The molecule has 2 atom stereocenters. The molecule has 1 N–H and O–H groups in total. The van der Waals surface area contributed by atoms with Gasteiger partial charge < -0.3 is 14.8 Å². The number of nitrogens with one attached hydrogen (secondary N) is 1. The Bertz CT molecular complexity index is 529. The minimum atomic E-state index is 0.0415. The molecule has 3 heteroatoms. The van der Waals surface area contributed by atoms with Gasteiger partial charge in [0.05, 0.1) is 13.2 Å². The van der Waals surface area contributed by atoms with Crippen LogP contribution >= 0.6 is 0 Å². The number of benzene rings is 1. The summed E-state index contributed by atoms with van der Waals surface area (Å²) in [5.41, 5.74) is 2.55. The van der Waals surface area contributed by atoms with Gasteiger partial charge >= 0.3 is 0 Å². The van der Waals surface area contributed by atoms with Gasteiger partial charge in [0, 0.05) is 29.6 Å². The summed E-state index contributed by atoms with van der Waals surface area (Å²) in [6.07, 6.45) is 3.89. The predicted molar refractivity (Wildman–Crippen MR) is 85.3 cm³/mol. The Morgan fingerprint density at radius 3 is 2.52 bits per heavy atom. The van der Waals surface area contributed by atoms with Crippen LogP contribution in [0.4, 0.5) is 0 Å². The number of ether oxygens (including phenoxy) is 2. The first kappa shape index (κ1) is 14.7. The van der Waals surface area contributed by atoms with Crippen LogP contribution in [-0.2, 0) is 5.41 Å². The topological polar surface area (TPSA) is 30.5 Å². The monoisotopic (exact) mass is 289 g/mol. The molecule has 0 bridgehead atoms. The molecule has 1 aliphatic carbocycles. The molecule has 1 aromatic carbocycles. The van der Waals surface area contributed by atoms with Gasteiger partial charge in [-0.15, -0.1) is 0 Å². The van der Waals surface area contributed by atoms with E-state index in [1.165, 1.54) is 24.0 Å². The van der Waals surface area contributed by atoms with Gasteiger partial charge in [0.15, 0.2) is 0 Å². The highest BCUT2D eigenvalue weighted by molar-refractivity contribution is 5.52. The fraction of sp³-hybridized carbons (Fsp3) is 0.667. The van der Waals surface area contributed by atoms with Crippen molar-refractivity contribution in [3.05, 3.63) is 23.3 Å². The van der Waals surface area contributed by atoms with E-state index in [1.54, 1.807) is 7.11 Å². The zero-order valence-corrected chi connectivity index (χ0v) is 13.8. The molecule has 116 valence electrons. The van der Waals surface area contributed by atoms with Crippen LogP contribution in [0.25, 0.3) is 0 Å². The molecule has 0 amide bonds. The summed E-state index contributed by atoms with van der Waals surface area (Å²) in [5, 5.41) is 3.77. The highest BCUT2D eigenvalue weighted by atomic mass is 16.5. The van der Waals surface area contributed by atoms with E-state index in [9.17, 15) is 0 Å². The molecule has 3 rings (SSSR count). The first-order valence-corrected chi connectivity index (χ1v) is 8.03. The first-order valence-electron chi connectivity index (χ1n) is 8.03. The molecule has 1 fully saturated rings. The highest BCUT2D eigenvalue weighted by Crippen LogP contribution is 2.45. The highest BCUT2D eigenvalue weighted by Gasteiger charge is 2.34. The van der Waals surface area contributed by atoms with E-state index in [-0.39, 0.29) is 11.5 Å². The molecule has 2 aliphatic rings. The van der Waals surface area contributed by atoms with Crippen LogP contribution in [0.15, 0.2) is 12.1 Å². The Kier molecular flexibility index (Phi) is 3.64. The molecule has 0 saturated heterocycles. The number of hydrogen-bond donors (Lipinski definition) is 1. The van der Waals surface area contributed by atoms with Crippen molar-refractivity contribution in [2.45, 2.75) is 70.6 Å². The molecule has 1 aliphatic heterocycles. The average molecular weight is 289 g/mol. The largest absolute Gasteiger partial charge is 0.497 e. The van der Waals surface area contributed by atoms with Crippen LogP contribution in [-0.4, -0.2) is 19.3 Å². The summed E-state index contributed by atoms with van der Waals surface area (Å²) in [6, 6.07) is 5.35. The Morgan fingerprint density at radius 1 is 1.24 bits per heavy atom. The van der Waals surface area contributed by atoms with Gasteiger partial charge in [-0.3, -0.25) is 0 Å². The van der Waals surface area contributed by atoms with Gasteiger partial charge in [-0.1, -0.05) is 20.8 Å². The average Bonchev–Trinajstić information content (AvgIpc) is 3.20. The van der Waals surface area contributed by atoms with Crippen molar-refractivity contribution in [3.63, 3.8) is 0 Å². The summed E-state index contributed by atoms with van der Waals surface area (Å²) < 4.78 is 11.8. The van der Waals surface area contributed by atoms with Gasteiger partial charge in [-0.2, -0.15) is 0 Å². The number of hydrogen-bond acceptors (Lipinski definition) is 3. The Labute approximate surface area is 128 Å². The van der Waals surface area contributed by atoms with Gasteiger partial charge in [-0.05, 0) is 37.3 Å². The molecule has 2 unspecified atom stereocenters. The van der Waals surface area contributed by atoms with Crippen LogP contribution in [0.2, 0.25) is 0 Å². The van der Waals surface area contributed by atoms with E-state index in [2.05, 4.69) is 45.1 Å². The van der Waals surface area contributed by atoms with Crippen LogP contribution in [0.1, 0.15) is 64.1 Å². The van der Waals surface area contributed by atoms with Crippen molar-refractivity contribution in [2.75, 3.05) is 7.11 Å². The molecule has 1 saturated carbocycles. The third-order valence-electron chi connectivity index (χ3n) is 4.41. The molecule has 0 spiro atoms. The maximum atomic E-state index is 6.23. The molecular formula is C18H27NO2. The second kappa shape index (κ2) is 5.20.